The van der Waals surface area contributed by atoms with Crippen LogP contribution < -0.4 is 10.9 Å². The second-order valence-corrected chi connectivity index (χ2v) is 6.83. The quantitative estimate of drug-likeness (QED) is 0.870. The van der Waals surface area contributed by atoms with Crippen LogP contribution in [0.1, 0.15) is 32.6 Å². The molecule has 0 saturated heterocycles. The van der Waals surface area contributed by atoms with Crippen LogP contribution in [0.15, 0.2) is 35.4 Å². The van der Waals surface area contributed by atoms with Crippen molar-refractivity contribution in [2.75, 3.05) is 6.61 Å². The third kappa shape index (κ3) is 3.19. The molecular formula is C18H23N3O3. The Hall–Kier alpha value is -2.21. The molecule has 2 atom stereocenters. The minimum Gasteiger partial charge on any atom is -0.396 e. The first kappa shape index (κ1) is 16.6. The van der Waals surface area contributed by atoms with Crippen LogP contribution in [0.5, 0.6) is 0 Å². The summed E-state index contributed by atoms with van der Waals surface area (Å²) in [7, 11) is 0. The van der Waals surface area contributed by atoms with E-state index in [4.69, 9.17) is 0 Å². The third-order valence-corrected chi connectivity index (χ3v) is 5.09. The largest absolute Gasteiger partial charge is 0.396 e. The number of aliphatic hydroxyl groups excluding tert-OH is 1. The molecule has 1 aliphatic rings. The Kier molecular flexibility index (Phi) is 4.66. The van der Waals surface area contributed by atoms with Crippen LogP contribution >= 0.6 is 0 Å². The Morgan fingerprint density at radius 1 is 1.46 bits per heavy atom. The first-order valence-electron chi connectivity index (χ1n) is 8.38. The van der Waals surface area contributed by atoms with Crippen molar-refractivity contribution in [3.8, 4) is 0 Å². The molecular weight excluding hydrogens is 306 g/mol. The number of aliphatic hydroxyl groups is 1. The Morgan fingerprint density at radius 2 is 2.25 bits per heavy atom. The van der Waals surface area contributed by atoms with E-state index in [0.29, 0.717) is 17.4 Å². The maximum absolute atomic E-state index is 12.4. The van der Waals surface area contributed by atoms with Gasteiger partial charge >= 0.3 is 0 Å². The van der Waals surface area contributed by atoms with Gasteiger partial charge in [-0.25, -0.2) is 4.98 Å². The second kappa shape index (κ2) is 6.73. The van der Waals surface area contributed by atoms with Crippen LogP contribution in [0.2, 0.25) is 0 Å². The fourth-order valence-corrected chi connectivity index (χ4v) is 3.42. The van der Waals surface area contributed by atoms with Gasteiger partial charge in [-0.15, -0.1) is 0 Å². The monoisotopic (exact) mass is 329 g/mol. The zero-order valence-electron chi connectivity index (χ0n) is 13.9. The molecule has 2 aromatic rings. The van der Waals surface area contributed by atoms with Gasteiger partial charge in [0.2, 0.25) is 5.91 Å². The third-order valence-electron chi connectivity index (χ3n) is 5.09. The number of benzene rings is 1. The summed E-state index contributed by atoms with van der Waals surface area (Å²) in [4.78, 5) is 28.9. The minimum absolute atomic E-state index is 0.00134. The molecule has 0 bridgehead atoms. The average molecular weight is 329 g/mol. The van der Waals surface area contributed by atoms with Crippen molar-refractivity contribution < 1.29 is 9.90 Å². The molecule has 2 unspecified atom stereocenters. The standard InChI is InChI=1S/C18H23N3O3/c1-18(11-22)9-4-7-15(18)20-16(23)8-10-21-12-19-14-6-3-2-5-13(14)17(21)24/h2-3,5-6,12,15,22H,4,7-11H2,1H3,(H,20,23). The van der Waals surface area contributed by atoms with Crippen LogP contribution in [0.25, 0.3) is 10.9 Å². The number of amides is 1. The normalized spacial score (nSPS) is 23.5. The summed E-state index contributed by atoms with van der Waals surface area (Å²) in [5.41, 5.74) is 0.291. The summed E-state index contributed by atoms with van der Waals surface area (Å²) in [5.74, 6) is -0.0957. The van der Waals surface area contributed by atoms with Crippen molar-refractivity contribution in [1.29, 1.82) is 0 Å². The predicted octanol–water partition coefficient (Wildman–Crippen LogP) is 1.45. The number of hydrogen-bond acceptors (Lipinski definition) is 4. The van der Waals surface area contributed by atoms with Crippen LogP contribution in [0, 0.1) is 5.41 Å². The van der Waals surface area contributed by atoms with Gasteiger partial charge in [0.25, 0.3) is 5.56 Å². The lowest BCUT2D eigenvalue weighted by Crippen LogP contribution is -2.45. The number of nitrogens with one attached hydrogen (secondary N) is 1. The van der Waals surface area contributed by atoms with Gasteiger partial charge in [0.15, 0.2) is 0 Å². The van der Waals surface area contributed by atoms with Crippen LogP contribution in [-0.4, -0.2) is 33.2 Å². The van der Waals surface area contributed by atoms with Crippen molar-refractivity contribution in [3.05, 3.63) is 40.9 Å². The Bertz CT molecular complexity index is 801. The highest BCUT2D eigenvalue weighted by molar-refractivity contribution is 5.77. The summed E-state index contributed by atoms with van der Waals surface area (Å²) in [6.45, 7) is 2.37. The highest BCUT2D eigenvalue weighted by atomic mass is 16.3. The molecule has 1 aromatic carbocycles. The van der Waals surface area contributed by atoms with E-state index in [2.05, 4.69) is 10.3 Å². The van der Waals surface area contributed by atoms with Gasteiger partial charge < -0.3 is 10.4 Å². The molecule has 0 radical (unpaired) electrons. The molecule has 1 aliphatic carbocycles. The molecule has 0 spiro atoms. The lowest BCUT2D eigenvalue weighted by Gasteiger charge is -2.30. The van der Waals surface area contributed by atoms with Gasteiger partial charge in [0.05, 0.1) is 23.8 Å². The molecule has 1 amide bonds. The molecule has 3 rings (SSSR count). The summed E-state index contributed by atoms with van der Waals surface area (Å²) >= 11 is 0. The fourth-order valence-electron chi connectivity index (χ4n) is 3.42. The number of fused-ring (bicyclic) bond motifs is 1. The number of carbonyl (C=O) groups is 1. The first-order valence-corrected chi connectivity index (χ1v) is 8.38. The predicted molar refractivity (Wildman–Crippen MR) is 91.6 cm³/mol. The van der Waals surface area contributed by atoms with E-state index in [9.17, 15) is 14.7 Å². The van der Waals surface area contributed by atoms with Crippen LogP contribution in [0.3, 0.4) is 0 Å². The van der Waals surface area contributed by atoms with E-state index < -0.39 is 0 Å². The SMILES string of the molecule is CC1(CO)CCCC1NC(=O)CCn1cnc2ccccc2c1=O. The fraction of sp³-hybridized carbons (Fsp3) is 0.500. The van der Waals surface area contributed by atoms with E-state index in [1.54, 1.807) is 18.2 Å². The molecule has 1 aromatic heterocycles. The molecule has 0 aliphatic heterocycles. The van der Waals surface area contributed by atoms with Gasteiger partial charge in [-0.1, -0.05) is 25.5 Å². The van der Waals surface area contributed by atoms with E-state index in [-0.39, 0.29) is 36.0 Å². The molecule has 6 nitrogen and oxygen atoms in total. The number of para-hydroxylation sites is 1. The number of rotatable bonds is 5. The van der Waals surface area contributed by atoms with Gasteiger partial charge in [-0.05, 0) is 25.0 Å². The van der Waals surface area contributed by atoms with E-state index in [1.807, 2.05) is 13.0 Å². The van der Waals surface area contributed by atoms with Gasteiger partial charge in [-0.2, -0.15) is 0 Å². The molecule has 1 fully saturated rings. The molecule has 1 saturated carbocycles. The highest BCUT2D eigenvalue weighted by Crippen LogP contribution is 2.37. The van der Waals surface area contributed by atoms with Gasteiger partial charge in [0, 0.05) is 24.4 Å². The van der Waals surface area contributed by atoms with E-state index in [1.165, 1.54) is 10.9 Å². The van der Waals surface area contributed by atoms with Gasteiger partial charge in [0.1, 0.15) is 0 Å². The molecule has 2 N–H and O–H groups in total. The van der Waals surface area contributed by atoms with Crippen molar-refractivity contribution in [3.63, 3.8) is 0 Å². The Labute approximate surface area is 140 Å². The van der Waals surface area contributed by atoms with Crippen LogP contribution in [-0.2, 0) is 11.3 Å². The number of nitrogens with zero attached hydrogens (tertiary/aromatic N) is 2. The zero-order valence-corrected chi connectivity index (χ0v) is 13.9. The summed E-state index contributed by atoms with van der Waals surface area (Å²) < 4.78 is 1.47. The topological polar surface area (TPSA) is 84.2 Å². The number of hydrogen-bond donors (Lipinski definition) is 2. The van der Waals surface area contributed by atoms with Crippen LogP contribution in [0.4, 0.5) is 0 Å². The maximum Gasteiger partial charge on any atom is 0.261 e. The average Bonchev–Trinajstić information content (AvgIpc) is 2.96. The van der Waals surface area contributed by atoms with Crippen molar-refractivity contribution in [2.45, 2.75) is 45.2 Å². The van der Waals surface area contributed by atoms with Crippen molar-refractivity contribution >= 4 is 16.8 Å². The van der Waals surface area contributed by atoms with Crippen molar-refractivity contribution in [2.24, 2.45) is 5.41 Å². The Morgan fingerprint density at radius 3 is 3.04 bits per heavy atom. The lowest BCUT2D eigenvalue weighted by atomic mass is 9.86. The number of carbonyl (C=O) groups excluding carboxylic acids is 1. The summed E-state index contributed by atoms with van der Waals surface area (Å²) in [5, 5.41) is 13.1. The molecule has 24 heavy (non-hydrogen) atoms. The van der Waals surface area contributed by atoms with E-state index in [0.717, 1.165) is 19.3 Å². The van der Waals surface area contributed by atoms with Gasteiger partial charge in [-0.3, -0.25) is 14.2 Å². The Balaban J connectivity index is 1.65. The summed E-state index contributed by atoms with van der Waals surface area (Å²) in [6.07, 6.45) is 4.53. The molecule has 128 valence electrons. The number of aromatic nitrogens is 2. The smallest absolute Gasteiger partial charge is 0.261 e. The highest BCUT2D eigenvalue weighted by Gasteiger charge is 2.38. The zero-order chi connectivity index (χ0) is 17.2. The number of aryl methyl sites for hydroxylation is 1. The molecule has 6 heteroatoms. The lowest BCUT2D eigenvalue weighted by molar-refractivity contribution is -0.122. The summed E-state index contributed by atoms with van der Waals surface area (Å²) in [6, 6.07) is 7.18. The first-order chi connectivity index (χ1) is 11.5. The maximum atomic E-state index is 12.4. The van der Waals surface area contributed by atoms with E-state index >= 15 is 0 Å². The second-order valence-electron chi connectivity index (χ2n) is 6.83. The van der Waals surface area contributed by atoms with Crippen molar-refractivity contribution in [1.82, 2.24) is 14.9 Å². The minimum atomic E-state index is -0.239. The molecule has 1 heterocycles.